The van der Waals surface area contributed by atoms with Crippen molar-refractivity contribution in [3.05, 3.63) is 29.3 Å². The third-order valence-corrected chi connectivity index (χ3v) is 4.42. The number of rotatable bonds is 4. The summed E-state index contributed by atoms with van der Waals surface area (Å²) in [7, 11) is 1.44. The molecule has 0 saturated heterocycles. The molecule has 110 valence electrons. The standard InChI is InChI=1S/C16H22ClNO2/c1-11-6-5-7-12(10-11)15(16(19)20-2)18-14-9-4-3-8-13(14)17/h3-4,8-9,11-12,15,18H,5-7,10H2,1-2H3. The molecule has 3 nitrogen and oxygen atoms in total. The van der Waals surface area contributed by atoms with Crippen molar-refractivity contribution in [3.8, 4) is 0 Å². The molecule has 1 fully saturated rings. The second kappa shape index (κ2) is 6.98. The van der Waals surface area contributed by atoms with Gasteiger partial charge in [-0.2, -0.15) is 0 Å². The normalized spacial score (nSPS) is 23.9. The van der Waals surface area contributed by atoms with Crippen LogP contribution in [0.3, 0.4) is 0 Å². The number of halogens is 1. The third-order valence-electron chi connectivity index (χ3n) is 4.09. The predicted octanol–water partition coefficient (Wildman–Crippen LogP) is 4.12. The quantitative estimate of drug-likeness (QED) is 0.849. The highest BCUT2D eigenvalue weighted by atomic mass is 35.5. The van der Waals surface area contributed by atoms with Crippen LogP contribution in [0.5, 0.6) is 0 Å². The van der Waals surface area contributed by atoms with Crippen LogP contribution in [0.1, 0.15) is 32.6 Å². The molecule has 0 amide bonds. The minimum absolute atomic E-state index is 0.205. The Labute approximate surface area is 125 Å². The SMILES string of the molecule is COC(=O)C(Nc1ccccc1Cl)C1CCCC(C)C1. The predicted molar refractivity (Wildman–Crippen MR) is 82.0 cm³/mol. The fourth-order valence-corrected chi connectivity index (χ4v) is 3.22. The van der Waals surface area contributed by atoms with E-state index in [-0.39, 0.29) is 12.0 Å². The van der Waals surface area contributed by atoms with E-state index in [1.165, 1.54) is 20.0 Å². The van der Waals surface area contributed by atoms with Gasteiger partial charge in [0.25, 0.3) is 0 Å². The van der Waals surface area contributed by atoms with Crippen molar-refractivity contribution in [3.63, 3.8) is 0 Å². The van der Waals surface area contributed by atoms with Crippen LogP contribution in [0, 0.1) is 11.8 Å². The van der Waals surface area contributed by atoms with E-state index < -0.39 is 0 Å². The minimum atomic E-state index is -0.317. The van der Waals surface area contributed by atoms with E-state index in [0.717, 1.165) is 18.5 Å². The van der Waals surface area contributed by atoms with Crippen LogP contribution >= 0.6 is 11.6 Å². The molecule has 3 unspecified atom stereocenters. The first-order chi connectivity index (χ1) is 9.61. The maximum Gasteiger partial charge on any atom is 0.328 e. The number of hydrogen-bond donors (Lipinski definition) is 1. The molecule has 1 aromatic carbocycles. The molecular weight excluding hydrogens is 274 g/mol. The van der Waals surface area contributed by atoms with Crippen LogP contribution in [-0.4, -0.2) is 19.1 Å². The van der Waals surface area contributed by atoms with Crippen molar-refractivity contribution in [2.45, 2.75) is 38.6 Å². The molecule has 0 bridgehead atoms. The Morgan fingerprint density at radius 3 is 2.80 bits per heavy atom. The first-order valence-electron chi connectivity index (χ1n) is 7.20. The molecule has 1 aromatic rings. The lowest BCUT2D eigenvalue weighted by atomic mass is 9.78. The van der Waals surface area contributed by atoms with Crippen LogP contribution in [-0.2, 0) is 9.53 Å². The second-order valence-electron chi connectivity index (χ2n) is 5.66. The lowest BCUT2D eigenvalue weighted by molar-refractivity contribution is -0.143. The lowest BCUT2D eigenvalue weighted by Gasteiger charge is -2.32. The summed E-state index contributed by atoms with van der Waals surface area (Å²) in [6.45, 7) is 2.25. The number of methoxy groups -OCH3 is 1. The van der Waals surface area contributed by atoms with Crippen molar-refractivity contribution in [2.24, 2.45) is 11.8 Å². The Morgan fingerprint density at radius 2 is 2.15 bits per heavy atom. The van der Waals surface area contributed by atoms with Gasteiger partial charge in [-0.1, -0.05) is 43.5 Å². The molecule has 2 rings (SSSR count). The Balaban J connectivity index is 2.15. The molecule has 1 N–H and O–H groups in total. The summed E-state index contributed by atoms with van der Waals surface area (Å²) in [5.74, 6) is 0.764. The van der Waals surface area contributed by atoms with Gasteiger partial charge in [0.1, 0.15) is 6.04 Å². The molecule has 1 aliphatic rings. The molecule has 0 heterocycles. The van der Waals surface area contributed by atoms with E-state index in [1.807, 2.05) is 24.3 Å². The van der Waals surface area contributed by atoms with Gasteiger partial charge in [0, 0.05) is 0 Å². The van der Waals surface area contributed by atoms with Crippen molar-refractivity contribution in [1.82, 2.24) is 0 Å². The molecule has 20 heavy (non-hydrogen) atoms. The molecule has 1 aliphatic carbocycles. The maximum atomic E-state index is 12.1. The molecular formula is C16H22ClNO2. The summed E-state index contributed by atoms with van der Waals surface area (Å²) in [6.07, 6.45) is 4.53. The highest BCUT2D eigenvalue weighted by Gasteiger charge is 2.32. The van der Waals surface area contributed by atoms with E-state index >= 15 is 0 Å². The fourth-order valence-electron chi connectivity index (χ4n) is 3.03. The Morgan fingerprint density at radius 1 is 1.40 bits per heavy atom. The fraction of sp³-hybridized carbons (Fsp3) is 0.562. The van der Waals surface area contributed by atoms with Gasteiger partial charge < -0.3 is 10.1 Å². The molecule has 0 aromatic heterocycles. The number of carbonyl (C=O) groups excluding carboxylic acids is 1. The average Bonchev–Trinajstić information content (AvgIpc) is 2.45. The number of anilines is 1. The van der Waals surface area contributed by atoms with Gasteiger partial charge in [0.05, 0.1) is 17.8 Å². The van der Waals surface area contributed by atoms with E-state index in [0.29, 0.717) is 16.9 Å². The molecule has 0 radical (unpaired) electrons. The number of nitrogens with one attached hydrogen (secondary N) is 1. The summed E-state index contributed by atoms with van der Waals surface area (Å²) >= 11 is 6.17. The number of para-hydroxylation sites is 1. The molecule has 4 heteroatoms. The number of ether oxygens (including phenoxy) is 1. The van der Waals surface area contributed by atoms with Gasteiger partial charge in [-0.05, 0) is 36.8 Å². The average molecular weight is 296 g/mol. The van der Waals surface area contributed by atoms with Crippen LogP contribution in [0.25, 0.3) is 0 Å². The van der Waals surface area contributed by atoms with E-state index in [9.17, 15) is 4.79 Å². The highest BCUT2D eigenvalue weighted by Crippen LogP contribution is 2.33. The molecule has 0 spiro atoms. The zero-order chi connectivity index (χ0) is 14.5. The number of esters is 1. The number of benzene rings is 1. The van der Waals surface area contributed by atoms with Crippen LogP contribution < -0.4 is 5.32 Å². The van der Waals surface area contributed by atoms with Crippen molar-refractivity contribution in [2.75, 3.05) is 12.4 Å². The van der Waals surface area contributed by atoms with E-state index in [2.05, 4.69) is 12.2 Å². The summed E-state index contributed by atoms with van der Waals surface area (Å²) in [5, 5.41) is 3.91. The molecule has 1 saturated carbocycles. The van der Waals surface area contributed by atoms with Gasteiger partial charge >= 0.3 is 5.97 Å². The third kappa shape index (κ3) is 3.66. The summed E-state index contributed by atoms with van der Waals surface area (Å²) < 4.78 is 4.97. The Hall–Kier alpha value is -1.22. The topological polar surface area (TPSA) is 38.3 Å². The number of carbonyl (C=O) groups is 1. The van der Waals surface area contributed by atoms with E-state index in [1.54, 1.807) is 0 Å². The smallest absolute Gasteiger partial charge is 0.328 e. The van der Waals surface area contributed by atoms with Crippen molar-refractivity contribution < 1.29 is 9.53 Å². The van der Waals surface area contributed by atoms with Crippen LogP contribution in [0.2, 0.25) is 5.02 Å². The minimum Gasteiger partial charge on any atom is -0.467 e. The van der Waals surface area contributed by atoms with Crippen molar-refractivity contribution in [1.29, 1.82) is 0 Å². The first-order valence-corrected chi connectivity index (χ1v) is 7.58. The van der Waals surface area contributed by atoms with Gasteiger partial charge in [-0.25, -0.2) is 4.79 Å². The second-order valence-corrected chi connectivity index (χ2v) is 6.06. The highest BCUT2D eigenvalue weighted by molar-refractivity contribution is 6.33. The first kappa shape index (κ1) is 15.2. The van der Waals surface area contributed by atoms with Gasteiger partial charge in [0.2, 0.25) is 0 Å². The largest absolute Gasteiger partial charge is 0.467 e. The summed E-state index contributed by atoms with van der Waals surface area (Å²) in [4.78, 5) is 12.1. The Kier molecular flexibility index (Phi) is 5.30. The zero-order valence-corrected chi connectivity index (χ0v) is 12.8. The Bertz CT molecular complexity index is 464. The van der Waals surface area contributed by atoms with Crippen molar-refractivity contribution >= 4 is 23.3 Å². The molecule has 0 aliphatic heterocycles. The summed E-state index contributed by atoms with van der Waals surface area (Å²) in [6, 6.07) is 7.18. The lowest BCUT2D eigenvalue weighted by Crippen LogP contribution is -2.40. The molecule has 3 atom stereocenters. The maximum absolute atomic E-state index is 12.1. The summed E-state index contributed by atoms with van der Waals surface area (Å²) in [5.41, 5.74) is 0.794. The monoisotopic (exact) mass is 295 g/mol. The van der Waals surface area contributed by atoms with Gasteiger partial charge in [-0.3, -0.25) is 0 Å². The van der Waals surface area contributed by atoms with Crippen LogP contribution in [0.4, 0.5) is 5.69 Å². The number of hydrogen-bond acceptors (Lipinski definition) is 3. The van der Waals surface area contributed by atoms with Gasteiger partial charge in [-0.15, -0.1) is 0 Å². The van der Waals surface area contributed by atoms with E-state index in [4.69, 9.17) is 16.3 Å². The van der Waals surface area contributed by atoms with Crippen LogP contribution in [0.15, 0.2) is 24.3 Å². The van der Waals surface area contributed by atoms with Gasteiger partial charge in [0.15, 0.2) is 0 Å². The zero-order valence-electron chi connectivity index (χ0n) is 12.1.